The number of allylic oxidation sites excluding steroid dienone is 2. The predicted octanol–water partition coefficient (Wildman–Crippen LogP) is 4.21. The van der Waals surface area contributed by atoms with E-state index in [0.717, 1.165) is 23.4 Å². The van der Waals surface area contributed by atoms with E-state index in [1.165, 1.54) is 5.56 Å². The SMILES string of the molecule is COc1cc(C2Nc3ccc(N(C)C(C)=O)cc3C3C=CCC32)ccc1O. The number of phenols is 1. The van der Waals surface area contributed by atoms with E-state index in [9.17, 15) is 9.90 Å². The molecule has 2 N–H and O–H groups in total. The minimum absolute atomic E-state index is 0.0197. The number of benzene rings is 2. The van der Waals surface area contributed by atoms with Crippen LogP contribution in [0.15, 0.2) is 48.6 Å². The van der Waals surface area contributed by atoms with Gasteiger partial charge in [0.1, 0.15) is 0 Å². The molecule has 0 spiro atoms. The second-order valence-corrected chi connectivity index (χ2v) is 7.26. The standard InChI is InChI=1S/C22H24N2O3/c1-13(25)24(2)15-8-9-19-18(12-15)16-5-4-6-17(16)22(23-19)14-7-10-20(26)21(11-14)27-3/h4-5,7-12,16-17,22-23,26H,6H2,1-3H3. The van der Waals surface area contributed by atoms with Crippen LogP contribution in [0.25, 0.3) is 0 Å². The van der Waals surface area contributed by atoms with Crippen LogP contribution < -0.4 is 15.0 Å². The largest absolute Gasteiger partial charge is 0.504 e. The Kier molecular flexibility index (Phi) is 4.30. The van der Waals surface area contributed by atoms with Crippen LogP contribution in [0, 0.1) is 5.92 Å². The molecular formula is C22H24N2O3. The van der Waals surface area contributed by atoms with Crippen LogP contribution in [0.5, 0.6) is 11.5 Å². The zero-order chi connectivity index (χ0) is 19.1. The molecule has 2 aromatic carbocycles. The summed E-state index contributed by atoms with van der Waals surface area (Å²) in [5.74, 6) is 1.33. The number of hydrogen-bond donors (Lipinski definition) is 2. The molecular weight excluding hydrogens is 340 g/mol. The molecule has 5 nitrogen and oxygen atoms in total. The third-order valence-corrected chi connectivity index (χ3v) is 5.77. The molecule has 2 aromatic rings. The van der Waals surface area contributed by atoms with Crippen molar-refractivity contribution in [3.05, 3.63) is 59.7 Å². The third kappa shape index (κ3) is 2.93. The highest BCUT2D eigenvalue weighted by Gasteiger charge is 2.38. The van der Waals surface area contributed by atoms with Crippen molar-refractivity contribution < 1.29 is 14.6 Å². The first-order valence-electron chi connectivity index (χ1n) is 9.18. The summed E-state index contributed by atoms with van der Waals surface area (Å²) in [6.07, 6.45) is 5.49. The van der Waals surface area contributed by atoms with Crippen molar-refractivity contribution in [1.82, 2.24) is 0 Å². The molecule has 0 aromatic heterocycles. The number of fused-ring (bicyclic) bond motifs is 3. The summed E-state index contributed by atoms with van der Waals surface area (Å²) >= 11 is 0. The normalized spacial score (nSPS) is 22.6. The molecule has 0 fully saturated rings. The number of phenolic OH excluding ortho intramolecular Hbond substituents is 1. The van der Waals surface area contributed by atoms with Gasteiger partial charge in [0.25, 0.3) is 0 Å². The average molecular weight is 364 g/mol. The number of methoxy groups -OCH3 is 1. The van der Waals surface area contributed by atoms with Crippen LogP contribution >= 0.6 is 0 Å². The molecule has 0 saturated heterocycles. The Labute approximate surface area is 159 Å². The monoisotopic (exact) mass is 364 g/mol. The van der Waals surface area contributed by atoms with Crippen molar-refractivity contribution in [2.24, 2.45) is 5.92 Å². The van der Waals surface area contributed by atoms with Crippen LogP contribution in [-0.2, 0) is 4.79 Å². The maximum atomic E-state index is 11.7. The number of anilines is 2. The topological polar surface area (TPSA) is 61.8 Å². The van der Waals surface area contributed by atoms with Crippen molar-refractivity contribution in [2.45, 2.75) is 25.3 Å². The van der Waals surface area contributed by atoms with Crippen LogP contribution in [0.1, 0.15) is 36.4 Å². The molecule has 27 heavy (non-hydrogen) atoms. The fraction of sp³-hybridized carbons (Fsp3) is 0.318. The van der Waals surface area contributed by atoms with Crippen LogP contribution in [0.4, 0.5) is 11.4 Å². The molecule has 0 radical (unpaired) electrons. The zero-order valence-electron chi connectivity index (χ0n) is 15.8. The molecule has 1 amide bonds. The Hall–Kier alpha value is -2.95. The second kappa shape index (κ2) is 6.65. The average Bonchev–Trinajstić information content (AvgIpc) is 3.17. The number of carbonyl (C=O) groups excluding carboxylic acids is 1. The van der Waals surface area contributed by atoms with Crippen molar-refractivity contribution in [3.8, 4) is 11.5 Å². The summed E-state index contributed by atoms with van der Waals surface area (Å²) in [5.41, 5.74) is 4.31. The van der Waals surface area contributed by atoms with Crippen LogP contribution in [0.2, 0.25) is 0 Å². The van der Waals surface area contributed by atoms with Gasteiger partial charge in [0.2, 0.25) is 5.91 Å². The van der Waals surface area contributed by atoms with Crippen LogP contribution in [0.3, 0.4) is 0 Å². The maximum Gasteiger partial charge on any atom is 0.223 e. The minimum atomic E-state index is 0.0197. The van der Waals surface area contributed by atoms with Crippen molar-refractivity contribution in [3.63, 3.8) is 0 Å². The Bertz CT molecular complexity index is 922. The number of rotatable bonds is 3. The number of nitrogens with zero attached hydrogens (tertiary/aromatic N) is 1. The molecule has 4 rings (SSSR count). The molecule has 3 atom stereocenters. The lowest BCUT2D eigenvalue weighted by Gasteiger charge is -2.38. The summed E-state index contributed by atoms with van der Waals surface area (Å²) in [5, 5.41) is 13.6. The first-order chi connectivity index (χ1) is 13.0. The minimum Gasteiger partial charge on any atom is -0.504 e. The molecule has 2 aliphatic rings. The van der Waals surface area contributed by atoms with E-state index in [1.807, 2.05) is 18.2 Å². The molecule has 0 saturated carbocycles. The van der Waals surface area contributed by atoms with Crippen molar-refractivity contribution in [1.29, 1.82) is 0 Å². The quantitative estimate of drug-likeness (QED) is 0.801. The lowest BCUT2D eigenvalue weighted by atomic mass is 9.77. The lowest BCUT2D eigenvalue weighted by molar-refractivity contribution is -0.116. The van der Waals surface area contributed by atoms with Gasteiger partial charge < -0.3 is 20.1 Å². The highest BCUT2D eigenvalue weighted by molar-refractivity contribution is 5.91. The van der Waals surface area contributed by atoms with E-state index in [0.29, 0.717) is 17.6 Å². The summed E-state index contributed by atoms with van der Waals surface area (Å²) in [6.45, 7) is 1.57. The first kappa shape index (κ1) is 17.5. The Balaban J connectivity index is 1.73. The number of amides is 1. The second-order valence-electron chi connectivity index (χ2n) is 7.26. The van der Waals surface area contributed by atoms with Gasteiger partial charge in [-0.25, -0.2) is 0 Å². The lowest BCUT2D eigenvalue weighted by Crippen LogP contribution is -2.30. The summed E-state index contributed by atoms with van der Waals surface area (Å²) in [6, 6.07) is 11.8. The van der Waals surface area contributed by atoms with E-state index in [-0.39, 0.29) is 17.7 Å². The van der Waals surface area contributed by atoms with E-state index in [2.05, 4.69) is 29.6 Å². The maximum absolute atomic E-state index is 11.7. The smallest absolute Gasteiger partial charge is 0.223 e. The van der Waals surface area contributed by atoms with Gasteiger partial charge in [0.15, 0.2) is 11.5 Å². The Morgan fingerprint density at radius 3 is 2.81 bits per heavy atom. The van der Waals surface area contributed by atoms with E-state index < -0.39 is 0 Å². The van der Waals surface area contributed by atoms with Gasteiger partial charge in [-0.05, 0) is 53.8 Å². The van der Waals surface area contributed by atoms with Crippen molar-refractivity contribution in [2.75, 3.05) is 24.4 Å². The predicted molar refractivity (Wildman–Crippen MR) is 107 cm³/mol. The highest BCUT2D eigenvalue weighted by atomic mass is 16.5. The summed E-state index contributed by atoms with van der Waals surface area (Å²) < 4.78 is 5.29. The third-order valence-electron chi connectivity index (χ3n) is 5.77. The number of aromatic hydroxyl groups is 1. The van der Waals surface area contributed by atoms with Gasteiger partial charge >= 0.3 is 0 Å². The molecule has 140 valence electrons. The summed E-state index contributed by atoms with van der Waals surface area (Å²) in [4.78, 5) is 13.4. The molecule has 3 unspecified atom stereocenters. The van der Waals surface area contributed by atoms with Gasteiger partial charge in [-0.2, -0.15) is 0 Å². The summed E-state index contributed by atoms with van der Waals surface area (Å²) in [7, 11) is 3.36. The number of carbonyl (C=O) groups is 1. The Morgan fingerprint density at radius 2 is 2.07 bits per heavy atom. The number of hydrogen-bond acceptors (Lipinski definition) is 4. The molecule has 5 heteroatoms. The fourth-order valence-corrected chi connectivity index (χ4v) is 4.19. The van der Waals surface area contributed by atoms with Gasteiger partial charge in [0, 0.05) is 31.3 Å². The fourth-order valence-electron chi connectivity index (χ4n) is 4.19. The first-order valence-corrected chi connectivity index (χ1v) is 9.18. The van der Waals surface area contributed by atoms with E-state index >= 15 is 0 Å². The highest BCUT2D eigenvalue weighted by Crippen LogP contribution is 2.51. The molecule has 1 heterocycles. The van der Waals surface area contributed by atoms with Gasteiger partial charge in [-0.3, -0.25) is 4.79 Å². The van der Waals surface area contributed by atoms with Gasteiger partial charge in [0.05, 0.1) is 13.2 Å². The number of nitrogens with one attached hydrogen (secondary N) is 1. The molecule has 1 aliphatic carbocycles. The zero-order valence-corrected chi connectivity index (χ0v) is 15.8. The van der Waals surface area contributed by atoms with E-state index in [4.69, 9.17) is 4.74 Å². The van der Waals surface area contributed by atoms with Gasteiger partial charge in [-0.15, -0.1) is 0 Å². The van der Waals surface area contributed by atoms with Crippen molar-refractivity contribution >= 4 is 17.3 Å². The van der Waals surface area contributed by atoms with Gasteiger partial charge in [-0.1, -0.05) is 18.2 Å². The molecule has 0 bridgehead atoms. The van der Waals surface area contributed by atoms with E-state index in [1.54, 1.807) is 32.0 Å². The Morgan fingerprint density at radius 1 is 1.26 bits per heavy atom. The molecule has 1 aliphatic heterocycles. The van der Waals surface area contributed by atoms with Crippen LogP contribution in [-0.4, -0.2) is 25.2 Å². The number of ether oxygens (including phenoxy) is 1.